The molecule has 0 aromatic heterocycles. The van der Waals surface area contributed by atoms with Crippen LogP contribution in [0.25, 0.3) is 0 Å². The van der Waals surface area contributed by atoms with Gasteiger partial charge in [-0.2, -0.15) is 0 Å². The summed E-state index contributed by atoms with van der Waals surface area (Å²) in [6.07, 6.45) is 0.824. The normalized spacial score (nSPS) is 20.4. The SMILES string of the molecule is C[C@](C=O)(c1ccccc1)[C@@H]1CC(=O)N(c2ccccc2)C1=O. The number of anilines is 1. The number of amides is 2. The van der Waals surface area contributed by atoms with E-state index in [4.69, 9.17) is 0 Å². The van der Waals surface area contributed by atoms with Crippen molar-refractivity contribution in [3.05, 3.63) is 66.2 Å². The Balaban J connectivity index is 2.00. The van der Waals surface area contributed by atoms with Gasteiger partial charge < -0.3 is 4.79 Å². The van der Waals surface area contributed by atoms with E-state index in [0.717, 1.165) is 11.8 Å². The van der Waals surface area contributed by atoms with Crippen molar-refractivity contribution in [2.75, 3.05) is 4.90 Å². The molecule has 2 amide bonds. The third-order valence-corrected chi connectivity index (χ3v) is 4.53. The van der Waals surface area contributed by atoms with Crippen molar-refractivity contribution in [3.63, 3.8) is 0 Å². The Labute approximate surface area is 134 Å². The van der Waals surface area contributed by atoms with Gasteiger partial charge in [0.25, 0.3) is 0 Å². The summed E-state index contributed by atoms with van der Waals surface area (Å²) in [5.41, 5.74) is 0.278. The number of carbonyl (C=O) groups excluding carboxylic acids is 3. The van der Waals surface area contributed by atoms with Crippen LogP contribution < -0.4 is 4.90 Å². The molecule has 2 aromatic rings. The van der Waals surface area contributed by atoms with Crippen LogP contribution in [-0.2, 0) is 19.8 Å². The Kier molecular flexibility index (Phi) is 3.82. The number of benzene rings is 2. The topological polar surface area (TPSA) is 54.5 Å². The van der Waals surface area contributed by atoms with Gasteiger partial charge in [0.1, 0.15) is 6.29 Å². The molecule has 23 heavy (non-hydrogen) atoms. The third-order valence-electron chi connectivity index (χ3n) is 4.53. The highest BCUT2D eigenvalue weighted by Crippen LogP contribution is 2.39. The Morgan fingerprint density at radius 1 is 1.00 bits per heavy atom. The molecule has 0 N–H and O–H groups in total. The average Bonchev–Trinajstić information content (AvgIpc) is 2.90. The van der Waals surface area contributed by atoms with Crippen LogP contribution >= 0.6 is 0 Å². The standard InChI is InChI=1S/C19H17NO3/c1-19(13-21,14-8-4-2-5-9-14)16-12-17(22)20(18(16)23)15-10-6-3-7-11-15/h2-11,13,16H,12H2,1H3/t16-,19+/m1/s1. The van der Waals surface area contributed by atoms with E-state index in [1.807, 2.05) is 36.4 Å². The second-order valence-corrected chi connectivity index (χ2v) is 5.93. The lowest BCUT2D eigenvalue weighted by atomic mass is 9.72. The number of hydrogen-bond acceptors (Lipinski definition) is 3. The zero-order valence-corrected chi connectivity index (χ0v) is 12.8. The molecule has 1 aliphatic rings. The van der Waals surface area contributed by atoms with Crippen LogP contribution in [0, 0.1) is 5.92 Å². The number of carbonyl (C=O) groups is 3. The van der Waals surface area contributed by atoms with Gasteiger partial charge in [0.15, 0.2) is 0 Å². The van der Waals surface area contributed by atoms with Crippen molar-refractivity contribution in [1.29, 1.82) is 0 Å². The maximum atomic E-state index is 12.8. The molecule has 1 fully saturated rings. The smallest absolute Gasteiger partial charge is 0.238 e. The monoisotopic (exact) mass is 307 g/mol. The second kappa shape index (κ2) is 5.80. The molecule has 0 unspecified atom stereocenters. The molecule has 2 aromatic carbocycles. The highest BCUT2D eigenvalue weighted by Gasteiger charge is 2.50. The summed E-state index contributed by atoms with van der Waals surface area (Å²) in [4.78, 5) is 38.2. The van der Waals surface area contributed by atoms with Gasteiger partial charge in [0.2, 0.25) is 11.8 Å². The van der Waals surface area contributed by atoms with Crippen molar-refractivity contribution in [1.82, 2.24) is 0 Å². The number of rotatable bonds is 4. The molecular weight excluding hydrogens is 290 g/mol. The maximum absolute atomic E-state index is 12.8. The lowest BCUT2D eigenvalue weighted by Gasteiger charge is -2.28. The van der Waals surface area contributed by atoms with Crippen molar-refractivity contribution in [2.24, 2.45) is 5.92 Å². The fourth-order valence-corrected chi connectivity index (χ4v) is 3.10. The quantitative estimate of drug-likeness (QED) is 0.644. The number of aldehydes is 1. The molecule has 1 saturated heterocycles. The lowest BCUT2D eigenvalue weighted by molar-refractivity contribution is -0.126. The van der Waals surface area contributed by atoms with Gasteiger partial charge in [0.05, 0.1) is 17.0 Å². The largest absolute Gasteiger partial charge is 0.302 e. The van der Waals surface area contributed by atoms with E-state index in [2.05, 4.69) is 0 Å². The van der Waals surface area contributed by atoms with Crippen LogP contribution in [0.1, 0.15) is 18.9 Å². The van der Waals surface area contributed by atoms with Crippen LogP contribution in [0.4, 0.5) is 5.69 Å². The van der Waals surface area contributed by atoms with E-state index < -0.39 is 11.3 Å². The van der Waals surface area contributed by atoms with E-state index >= 15 is 0 Å². The first-order valence-corrected chi connectivity index (χ1v) is 7.51. The van der Waals surface area contributed by atoms with Crippen molar-refractivity contribution in [2.45, 2.75) is 18.8 Å². The number of imide groups is 1. The Bertz CT molecular complexity index is 742. The van der Waals surface area contributed by atoms with Gasteiger partial charge in [-0.25, -0.2) is 0 Å². The summed E-state index contributed by atoms with van der Waals surface area (Å²) in [6.45, 7) is 1.72. The van der Waals surface area contributed by atoms with Crippen molar-refractivity contribution < 1.29 is 14.4 Å². The summed E-state index contributed by atoms with van der Waals surface area (Å²) in [5, 5.41) is 0. The summed E-state index contributed by atoms with van der Waals surface area (Å²) in [6, 6.07) is 18.0. The first kappa shape index (κ1) is 15.2. The van der Waals surface area contributed by atoms with Gasteiger partial charge in [-0.1, -0.05) is 48.5 Å². The van der Waals surface area contributed by atoms with E-state index in [9.17, 15) is 14.4 Å². The third kappa shape index (κ3) is 2.46. The van der Waals surface area contributed by atoms with Gasteiger partial charge in [-0.3, -0.25) is 14.5 Å². The van der Waals surface area contributed by atoms with Gasteiger partial charge in [0, 0.05) is 6.42 Å². The summed E-state index contributed by atoms with van der Waals surface area (Å²) in [7, 11) is 0. The number of hydrogen-bond donors (Lipinski definition) is 0. The minimum Gasteiger partial charge on any atom is -0.302 e. The summed E-state index contributed by atoms with van der Waals surface area (Å²) < 4.78 is 0. The molecular formula is C19H17NO3. The average molecular weight is 307 g/mol. The zero-order valence-electron chi connectivity index (χ0n) is 12.8. The second-order valence-electron chi connectivity index (χ2n) is 5.93. The molecule has 4 heteroatoms. The predicted molar refractivity (Wildman–Crippen MR) is 86.9 cm³/mol. The molecule has 0 saturated carbocycles. The number of para-hydroxylation sites is 1. The van der Waals surface area contributed by atoms with Gasteiger partial charge >= 0.3 is 0 Å². The van der Waals surface area contributed by atoms with Gasteiger partial charge in [-0.05, 0) is 24.6 Å². The van der Waals surface area contributed by atoms with Crippen LogP contribution in [0.2, 0.25) is 0 Å². The van der Waals surface area contributed by atoms with E-state index in [1.54, 1.807) is 31.2 Å². The van der Waals surface area contributed by atoms with Crippen LogP contribution in [0.5, 0.6) is 0 Å². The molecule has 0 spiro atoms. The minimum atomic E-state index is -1.02. The highest BCUT2D eigenvalue weighted by molar-refractivity contribution is 6.22. The maximum Gasteiger partial charge on any atom is 0.238 e. The molecule has 3 rings (SSSR count). The summed E-state index contributed by atoms with van der Waals surface area (Å²) >= 11 is 0. The summed E-state index contributed by atoms with van der Waals surface area (Å²) in [5.74, 6) is -1.27. The minimum absolute atomic E-state index is 0.0395. The molecule has 1 heterocycles. The zero-order chi connectivity index (χ0) is 16.4. The van der Waals surface area contributed by atoms with Gasteiger partial charge in [-0.15, -0.1) is 0 Å². The van der Waals surface area contributed by atoms with Crippen LogP contribution in [0.3, 0.4) is 0 Å². The van der Waals surface area contributed by atoms with Crippen LogP contribution in [0.15, 0.2) is 60.7 Å². The highest BCUT2D eigenvalue weighted by atomic mass is 16.2. The van der Waals surface area contributed by atoms with E-state index in [1.165, 1.54) is 4.90 Å². The van der Waals surface area contributed by atoms with Crippen LogP contribution in [-0.4, -0.2) is 18.1 Å². The van der Waals surface area contributed by atoms with E-state index in [-0.39, 0.29) is 18.2 Å². The Morgan fingerprint density at radius 3 is 2.13 bits per heavy atom. The molecule has 0 bridgehead atoms. The van der Waals surface area contributed by atoms with Crippen molar-refractivity contribution in [3.8, 4) is 0 Å². The Hall–Kier alpha value is -2.75. The first-order chi connectivity index (χ1) is 11.1. The molecule has 0 radical (unpaired) electrons. The fraction of sp³-hybridized carbons (Fsp3) is 0.211. The van der Waals surface area contributed by atoms with E-state index in [0.29, 0.717) is 5.69 Å². The first-order valence-electron chi connectivity index (χ1n) is 7.51. The Morgan fingerprint density at radius 2 is 1.57 bits per heavy atom. The molecule has 2 atom stereocenters. The molecule has 1 aliphatic heterocycles. The molecule has 0 aliphatic carbocycles. The molecule has 116 valence electrons. The number of nitrogens with zero attached hydrogens (tertiary/aromatic N) is 1. The van der Waals surface area contributed by atoms with Crippen molar-refractivity contribution >= 4 is 23.8 Å². The fourth-order valence-electron chi connectivity index (χ4n) is 3.10. The lowest BCUT2D eigenvalue weighted by Crippen LogP contribution is -2.40. The predicted octanol–water partition coefficient (Wildman–Crippen LogP) is 2.72. The molecule has 4 nitrogen and oxygen atoms in total.